The molecule has 0 aliphatic heterocycles. The highest BCUT2D eigenvalue weighted by molar-refractivity contribution is 7.89. The predicted octanol–water partition coefficient (Wildman–Crippen LogP) is 2.45. The molecular formula is C13H21N3O4S. The summed E-state index contributed by atoms with van der Waals surface area (Å²) in [5.41, 5.74) is 0.0795. The third-order valence-corrected chi connectivity index (χ3v) is 5.56. The summed E-state index contributed by atoms with van der Waals surface area (Å²) in [5, 5.41) is 13.9. The van der Waals surface area contributed by atoms with Crippen LogP contribution in [-0.4, -0.2) is 37.3 Å². The van der Waals surface area contributed by atoms with Crippen molar-refractivity contribution in [2.45, 2.75) is 38.1 Å². The van der Waals surface area contributed by atoms with Crippen molar-refractivity contribution in [2.24, 2.45) is 0 Å². The van der Waals surface area contributed by atoms with Crippen LogP contribution in [0.15, 0.2) is 23.1 Å². The lowest BCUT2D eigenvalue weighted by atomic mass is 10.3. The zero-order valence-corrected chi connectivity index (χ0v) is 13.5. The summed E-state index contributed by atoms with van der Waals surface area (Å²) < 4.78 is 26.7. The maximum absolute atomic E-state index is 12.7. The van der Waals surface area contributed by atoms with Crippen molar-refractivity contribution in [2.75, 3.05) is 18.9 Å². The summed E-state index contributed by atoms with van der Waals surface area (Å²) in [4.78, 5) is 10.2. The zero-order valence-electron chi connectivity index (χ0n) is 12.7. The molecule has 1 aromatic rings. The summed E-state index contributed by atoms with van der Waals surface area (Å²) in [6, 6.07) is 3.81. The van der Waals surface area contributed by atoms with E-state index in [0.29, 0.717) is 12.1 Å². The van der Waals surface area contributed by atoms with E-state index in [1.54, 1.807) is 20.9 Å². The molecule has 7 nitrogen and oxygen atoms in total. The minimum absolute atomic E-state index is 0.219. The number of benzene rings is 1. The Bertz CT molecular complexity index is 616. The molecule has 0 radical (unpaired) electrons. The van der Waals surface area contributed by atoms with Gasteiger partial charge in [0.25, 0.3) is 5.69 Å². The molecule has 0 aromatic heterocycles. The predicted molar refractivity (Wildman–Crippen MR) is 82.0 cm³/mol. The normalized spacial score (nSPS) is 13.2. The van der Waals surface area contributed by atoms with Gasteiger partial charge in [0, 0.05) is 31.4 Å². The third-order valence-electron chi connectivity index (χ3n) is 3.43. The van der Waals surface area contributed by atoms with Crippen LogP contribution in [0.1, 0.15) is 27.2 Å². The van der Waals surface area contributed by atoms with E-state index >= 15 is 0 Å². The van der Waals surface area contributed by atoms with Crippen molar-refractivity contribution >= 4 is 21.4 Å². The van der Waals surface area contributed by atoms with Gasteiger partial charge in [-0.2, -0.15) is 4.31 Å². The minimum Gasteiger partial charge on any atom is -0.388 e. The van der Waals surface area contributed by atoms with Crippen molar-refractivity contribution in [1.29, 1.82) is 0 Å². The van der Waals surface area contributed by atoms with Gasteiger partial charge in [-0.05, 0) is 25.5 Å². The molecule has 118 valence electrons. The summed E-state index contributed by atoms with van der Waals surface area (Å²) in [6.45, 7) is 5.65. The maximum atomic E-state index is 12.7. The molecule has 1 rings (SSSR count). The molecule has 0 saturated heterocycles. The topological polar surface area (TPSA) is 92.6 Å². The molecule has 1 N–H and O–H groups in total. The maximum Gasteiger partial charge on any atom is 0.291 e. The fourth-order valence-electron chi connectivity index (χ4n) is 2.08. The van der Waals surface area contributed by atoms with Crippen molar-refractivity contribution < 1.29 is 13.3 Å². The molecule has 0 aliphatic rings. The summed E-state index contributed by atoms with van der Waals surface area (Å²) >= 11 is 0. The molecule has 1 unspecified atom stereocenters. The summed E-state index contributed by atoms with van der Waals surface area (Å²) in [7, 11) is -2.28. The van der Waals surface area contributed by atoms with Crippen molar-refractivity contribution in [3.8, 4) is 0 Å². The number of rotatable bonds is 7. The van der Waals surface area contributed by atoms with Gasteiger partial charge in [0.1, 0.15) is 0 Å². The van der Waals surface area contributed by atoms with E-state index in [4.69, 9.17) is 0 Å². The average molecular weight is 315 g/mol. The van der Waals surface area contributed by atoms with E-state index < -0.39 is 20.6 Å². The molecule has 0 spiro atoms. The van der Waals surface area contributed by atoms with Gasteiger partial charge < -0.3 is 5.32 Å². The van der Waals surface area contributed by atoms with E-state index in [2.05, 4.69) is 5.32 Å². The molecule has 0 fully saturated rings. The molecular weight excluding hydrogens is 294 g/mol. The van der Waals surface area contributed by atoms with Crippen molar-refractivity contribution in [1.82, 2.24) is 4.31 Å². The van der Waals surface area contributed by atoms with Crippen LogP contribution in [0.3, 0.4) is 0 Å². The molecule has 1 aromatic carbocycles. The first-order valence-corrected chi connectivity index (χ1v) is 8.21. The Morgan fingerprint density at radius 3 is 2.43 bits per heavy atom. The van der Waals surface area contributed by atoms with Gasteiger partial charge in [-0.25, -0.2) is 8.42 Å². The molecule has 0 saturated carbocycles. The van der Waals surface area contributed by atoms with Crippen LogP contribution in [0.25, 0.3) is 0 Å². The van der Waals surface area contributed by atoms with Gasteiger partial charge >= 0.3 is 0 Å². The second-order valence-electron chi connectivity index (χ2n) is 4.66. The van der Waals surface area contributed by atoms with Crippen LogP contribution < -0.4 is 5.32 Å². The van der Waals surface area contributed by atoms with Gasteiger partial charge in [-0.1, -0.05) is 13.8 Å². The Morgan fingerprint density at radius 2 is 2.00 bits per heavy atom. The van der Waals surface area contributed by atoms with Crippen molar-refractivity contribution in [3.05, 3.63) is 28.3 Å². The molecule has 0 bridgehead atoms. The van der Waals surface area contributed by atoms with Gasteiger partial charge in [0.2, 0.25) is 10.0 Å². The molecule has 0 heterocycles. The van der Waals surface area contributed by atoms with Crippen LogP contribution in [-0.2, 0) is 10.0 Å². The molecule has 0 aliphatic carbocycles. The first kappa shape index (κ1) is 17.4. The lowest BCUT2D eigenvalue weighted by Gasteiger charge is -2.26. The highest BCUT2D eigenvalue weighted by Gasteiger charge is 2.33. The third kappa shape index (κ3) is 3.51. The number of nitro groups is 1. The van der Waals surface area contributed by atoms with Gasteiger partial charge in [0.05, 0.1) is 4.92 Å². The van der Waals surface area contributed by atoms with Crippen molar-refractivity contribution in [3.63, 3.8) is 0 Å². The SMILES string of the molecule is CCC(C)N(CC)S(=O)(=O)c1ccc(NC)cc1[N+](=O)[O-]. The summed E-state index contributed by atoms with van der Waals surface area (Å²) in [6.07, 6.45) is 0.634. The highest BCUT2D eigenvalue weighted by atomic mass is 32.2. The number of nitro benzene ring substituents is 1. The van der Waals surface area contributed by atoms with Crippen LogP contribution in [0.5, 0.6) is 0 Å². The Hall–Kier alpha value is -1.67. The molecule has 21 heavy (non-hydrogen) atoms. The lowest BCUT2D eigenvalue weighted by Crippen LogP contribution is -2.38. The average Bonchev–Trinajstić information content (AvgIpc) is 2.46. The number of hydrogen-bond acceptors (Lipinski definition) is 5. The fraction of sp³-hybridized carbons (Fsp3) is 0.538. The largest absolute Gasteiger partial charge is 0.388 e. The van der Waals surface area contributed by atoms with Gasteiger partial charge in [0.15, 0.2) is 4.90 Å². The number of anilines is 1. The lowest BCUT2D eigenvalue weighted by molar-refractivity contribution is -0.387. The standard InChI is InChI=1S/C13H21N3O4S/c1-5-10(3)15(6-2)21(19,20)13-8-7-11(14-4)9-12(13)16(17)18/h7-10,14H,5-6H2,1-4H3. The van der Waals surface area contributed by atoms with Gasteiger partial charge in [-0.15, -0.1) is 0 Å². The smallest absolute Gasteiger partial charge is 0.291 e. The first-order chi connectivity index (χ1) is 9.79. The molecule has 1 atom stereocenters. The Morgan fingerprint density at radius 1 is 1.38 bits per heavy atom. The fourth-order valence-corrected chi connectivity index (χ4v) is 3.94. The van der Waals surface area contributed by atoms with Crippen LogP contribution in [0.4, 0.5) is 11.4 Å². The van der Waals surface area contributed by atoms with E-state index in [1.165, 1.54) is 22.5 Å². The number of sulfonamides is 1. The van der Waals surface area contributed by atoms with Crippen LogP contribution >= 0.6 is 0 Å². The first-order valence-electron chi connectivity index (χ1n) is 6.77. The van der Waals surface area contributed by atoms with Crippen LogP contribution in [0.2, 0.25) is 0 Å². The summed E-state index contributed by atoms with van der Waals surface area (Å²) in [5.74, 6) is 0. The Labute approximate surface area is 125 Å². The Kier molecular flexibility index (Phi) is 5.68. The highest BCUT2D eigenvalue weighted by Crippen LogP contribution is 2.30. The Balaban J connectivity index is 3.46. The van der Waals surface area contributed by atoms with E-state index in [9.17, 15) is 18.5 Å². The molecule has 0 amide bonds. The zero-order chi connectivity index (χ0) is 16.2. The quantitative estimate of drug-likeness (QED) is 0.616. The van der Waals surface area contributed by atoms with Gasteiger partial charge in [-0.3, -0.25) is 10.1 Å². The van der Waals surface area contributed by atoms with E-state index in [1.807, 2.05) is 6.92 Å². The molecule has 8 heteroatoms. The van der Waals surface area contributed by atoms with E-state index in [0.717, 1.165) is 0 Å². The minimum atomic E-state index is -3.90. The van der Waals surface area contributed by atoms with E-state index in [-0.39, 0.29) is 17.5 Å². The second-order valence-corrected chi connectivity index (χ2v) is 6.51. The van der Waals surface area contributed by atoms with Crippen LogP contribution in [0, 0.1) is 10.1 Å². The monoisotopic (exact) mass is 315 g/mol. The number of nitrogens with one attached hydrogen (secondary N) is 1. The number of nitrogens with zero attached hydrogens (tertiary/aromatic N) is 2. The number of hydrogen-bond donors (Lipinski definition) is 1. The second kappa shape index (κ2) is 6.86.